The number of carbonyl (C=O) groups is 1. The molecule has 0 saturated heterocycles. The van der Waals surface area contributed by atoms with E-state index in [0.717, 1.165) is 5.56 Å². The highest BCUT2D eigenvalue weighted by molar-refractivity contribution is 6.33. The minimum atomic E-state index is -1.03. The van der Waals surface area contributed by atoms with Gasteiger partial charge in [0.1, 0.15) is 0 Å². The topological polar surface area (TPSA) is 63.3 Å². The van der Waals surface area contributed by atoms with Gasteiger partial charge in [-0.2, -0.15) is 0 Å². The van der Waals surface area contributed by atoms with E-state index < -0.39 is 5.97 Å². The first-order valence-electron chi connectivity index (χ1n) is 3.80. The molecule has 0 saturated carbocycles. The lowest BCUT2D eigenvalue weighted by Crippen LogP contribution is -2.07. The quantitative estimate of drug-likeness (QED) is 0.767. The molecule has 0 amide bonds. The largest absolute Gasteiger partial charge is 0.478 e. The van der Waals surface area contributed by atoms with Gasteiger partial charge in [0, 0.05) is 6.04 Å². The molecule has 0 heterocycles. The molecule has 0 aliphatic heterocycles. The molecule has 0 unspecified atom stereocenters. The molecule has 1 atom stereocenters. The molecule has 1 aromatic carbocycles. The molecular weight excluding hydrogens is 190 g/mol. The van der Waals surface area contributed by atoms with Crippen LogP contribution in [-0.2, 0) is 0 Å². The van der Waals surface area contributed by atoms with Crippen LogP contribution in [0.4, 0.5) is 0 Å². The van der Waals surface area contributed by atoms with Gasteiger partial charge in [-0.15, -0.1) is 0 Å². The van der Waals surface area contributed by atoms with E-state index in [1.807, 2.05) is 0 Å². The standard InChI is InChI=1S/C9H10ClNO2/c1-5(11)6-2-3-8(10)7(4-6)9(12)13/h2-5H,11H2,1H3,(H,12,13)/t5-/m0/s1. The molecule has 4 heteroatoms. The van der Waals surface area contributed by atoms with E-state index in [-0.39, 0.29) is 16.6 Å². The molecule has 0 aromatic heterocycles. The van der Waals surface area contributed by atoms with Crippen molar-refractivity contribution in [2.24, 2.45) is 5.73 Å². The number of carboxylic acids is 1. The van der Waals surface area contributed by atoms with Crippen LogP contribution in [0.1, 0.15) is 28.9 Å². The zero-order valence-electron chi connectivity index (χ0n) is 7.12. The highest BCUT2D eigenvalue weighted by Gasteiger charge is 2.10. The van der Waals surface area contributed by atoms with Gasteiger partial charge in [-0.05, 0) is 24.6 Å². The van der Waals surface area contributed by atoms with Crippen LogP contribution < -0.4 is 5.73 Å². The minimum absolute atomic E-state index is 0.0940. The van der Waals surface area contributed by atoms with Gasteiger partial charge in [0.2, 0.25) is 0 Å². The van der Waals surface area contributed by atoms with Crippen LogP contribution in [0.5, 0.6) is 0 Å². The third kappa shape index (κ3) is 2.20. The lowest BCUT2D eigenvalue weighted by Gasteiger charge is -2.07. The van der Waals surface area contributed by atoms with Crippen molar-refractivity contribution in [3.8, 4) is 0 Å². The van der Waals surface area contributed by atoms with Crippen molar-refractivity contribution in [2.45, 2.75) is 13.0 Å². The molecule has 70 valence electrons. The Morgan fingerprint density at radius 1 is 1.62 bits per heavy atom. The molecule has 0 fully saturated rings. The molecule has 1 rings (SSSR count). The summed E-state index contributed by atoms with van der Waals surface area (Å²) in [4.78, 5) is 10.7. The number of benzene rings is 1. The molecule has 0 radical (unpaired) electrons. The Balaban J connectivity index is 3.19. The van der Waals surface area contributed by atoms with Crippen LogP contribution in [0.25, 0.3) is 0 Å². The SMILES string of the molecule is C[C@H](N)c1ccc(Cl)c(C(=O)O)c1. The number of carboxylic acid groups (broad SMARTS) is 1. The number of rotatable bonds is 2. The summed E-state index contributed by atoms with van der Waals surface area (Å²) >= 11 is 5.67. The van der Waals surface area contributed by atoms with E-state index in [2.05, 4.69) is 0 Å². The second-order valence-corrected chi connectivity index (χ2v) is 3.24. The van der Waals surface area contributed by atoms with E-state index in [1.165, 1.54) is 6.07 Å². The summed E-state index contributed by atoms with van der Waals surface area (Å²) in [7, 11) is 0. The van der Waals surface area contributed by atoms with Gasteiger partial charge in [0.15, 0.2) is 0 Å². The summed E-state index contributed by atoms with van der Waals surface area (Å²) in [5.74, 6) is -1.03. The zero-order chi connectivity index (χ0) is 10.0. The Labute approximate surface area is 81.1 Å². The molecule has 0 spiro atoms. The summed E-state index contributed by atoms with van der Waals surface area (Å²) in [6, 6.07) is 4.58. The molecule has 0 bridgehead atoms. The third-order valence-corrected chi connectivity index (χ3v) is 2.08. The van der Waals surface area contributed by atoms with Gasteiger partial charge < -0.3 is 10.8 Å². The number of halogens is 1. The predicted octanol–water partition coefficient (Wildman–Crippen LogP) is 2.06. The fourth-order valence-electron chi connectivity index (χ4n) is 0.990. The minimum Gasteiger partial charge on any atom is -0.478 e. The Hall–Kier alpha value is -1.06. The maximum atomic E-state index is 10.7. The Kier molecular flexibility index (Phi) is 2.90. The van der Waals surface area contributed by atoms with Crippen LogP contribution >= 0.6 is 11.6 Å². The fourth-order valence-corrected chi connectivity index (χ4v) is 1.19. The average molecular weight is 200 g/mol. The molecular formula is C9H10ClNO2. The third-order valence-electron chi connectivity index (χ3n) is 1.75. The van der Waals surface area contributed by atoms with E-state index >= 15 is 0 Å². The second kappa shape index (κ2) is 3.77. The first-order chi connectivity index (χ1) is 6.02. The second-order valence-electron chi connectivity index (χ2n) is 2.83. The van der Waals surface area contributed by atoms with Crippen LogP contribution in [0.3, 0.4) is 0 Å². The maximum Gasteiger partial charge on any atom is 0.337 e. The van der Waals surface area contributed by atoms with Crippen molar-refractivity contribution < 1.29 is 9.90 Å². The summed E-state index contributed by atoms with van der Waals surface area (Å²) in [5.41, 5.74) is 6.46. The number of hydrogen-bond donors (Lipinski definition) is 2. The van der Waals surface area contributed by atoms with Crippen molar-refractivity contribution >= 4 is 17.6 Å². The first kappa shape index (κ1) is 10.0. The maximum absolute atomic E-state index is 10.7. The van der Waals surface area contributed by atoms with Crippen LogP contribution in [-0.4, -0.2) is 11.1 Å². The van der Waals surface area contributed by atoms with E-state index in [1.54, 1.807) is 19.1 Å². The molecule has 0 aliphatic rings. The molecule has 3 nitrogen and oxygen atoms in total. The van der Waals surface area contributed by atoms with Gasteiger partial charge in [0.05, 0.1) is 10.6 Å². The van der Waals surface area contributed by atoms with Crippen LogP contribution in [0, 0.1) is 0 Å². The summed E-state index contributed by atoms with van der Waals surface area (Å²) < 4.78 is 0. The average Bonchev–Trinajstić information content (AvgIpc) is 2.04. The van der Waals surface area contributed by atoms with Gasteiger partial charge in [0.25, 0.3) is 0 Å². The van der Waals surface area contributed by atoms with Crippen molar-refractivity contribution in [3.63, 3.8) is 0 Å². The highest BCUT2D eigenvalue weighted by atomic mass is 35.5. The van der Waals surface area contributed by atoms with Gasteiger partial charge >= 0.3 is 5.97 Å². The number of aromatic carboxylic acids is 1. The van der Waals surface area contributed by atoms with Crippen molar-refractivity contribution in [1.82, 2.24) is 0 Å². The molecule has 13 heavy (non-hydrogen) atoms. The Morgan fingerprint density at radius 2 is 2.23 bits per heavy atom. The van der Waals surface area contributed by atoms with Crippen LogP contribution in [0.2, 0.25) is 5.02 Å². The number of nitrogens with two attached hydrogens (primary N) is 1. The predicted molar refractivity (Wildman–Crippen MR) is 51.0 cm³/mol. The summed E-state index contributed by atoms with van der Waals surface area (Å²) in [6.07, 6.45) is 0. The van der Waals surface area contributed by atoms with Gasteiger partial charge in [-0.3, -0.25) is 0 Å². The highest BCUT2D eigenvalue weighted by Crippen LogP contribution is 2.20. The molecule has 3 N–H and O–H groups in total. The summed E-state index contributed by atoms with van der Waals surface area (Å²) in [5, 5.41) is 8.98. The molecule has 1 aromatic rings. The van der Waals surface area contributed by atoms with Gasteiger partial charge in [-0.25, -0.2) is 4.79 Å². The Bertz CT molecular complexity index is 336. The zero-order valence-corrected chi connectivity index (χ0v) is 7.88. The lowest BCUT2D eigenvalue weighted by atomic mass is 10.1. The van der Waals surface area contributed by atoms with Crippen molar-refractivity contribution in [3.05, 3.63) is 34.3 Å². The summed E-state index contributed by atoms with van der Waals surface area (Å²) in [6.45, 7) is 1.79. The Morgan fingerprint density at radius 3 is 2.69 bits per heavy atom. The van der Waals surface area contributed by atoms with Crippen molar-refractivity contribution in [2.75, 3.05) is 0 Å². The lowest BCUT2D eigenvalue weighted by molar-refractivity contribution is 0.0697. The molecule has 0 aliphatic carbocycles. The van der Waals surface area contributed by atoms with Gasteiger partial charge in [-0.1, -0.05) is 17.7 Å². The fraction of sp³-hybridized carbons (Fsp3) is 0.222. The van der Waals surface area contributed by atoms with Crippen LogP contribution in [0.15, 0.2) is 18.2 Å². The van der Waals surface area contributed by atoms with E-state index in [4.69, 9.17) is 22.4 Å². The smallest absolute Gasteiger partial charge is 0.337 e. The van der Waals surface area contributed by atoms with Crippen molar-refractivity contribution in [1.29, 1.82) is 0 Å². The van der Waals surface area contributed by atoms with E-state index in [0.29, 0.717) is 0 Å². The monoisotopic (exact) mass is 199 g/mol. The van der Waals surface area contributed by atoms with E-state index in [9.17, 15) is 4.79 Å². The first-order valence-corrected chi connectivity index (χ1v) is 4.18. The number of hydrogen-bond acceptors (Lipinski definition) is 2. The normalized spacial score (nSPS) is 12.5.